The molecule has 0 spiro atoms. The number of methoxy groups -OCH3 is 1. The molecular weight excluding hydrogens is 190 g/mol. The Labute approximate surface area is 90.7 Å². The SMILES string of the molecule is COC(=O)C(C)(C)N(C)c1ccccc1. The number of para-hydroxylation sites is 1. The van der Waals surface area contributed by atoms with Gasteiger partial charge in [-0.1, -0.05) is 18.2 Å². The number of hydrogen-bond donors (Lipinski definition) is 0. The lowest BCUT2D eigenvalue weighted by atomic mass is 10.0. The molecule has 0 saturated heterocycles. The lowest BCUT2D eigenvalue weighted by Gasteiger charge is -2.34. The summed E-state index contributed by atoms with van der Waals surface area (Å²) in [6.07, 6.45) is 0. The van der Waals surface area contributed by atoms with Crippen LogP contribution >= 0.6 is 0 Å². The molecule has 0 fully saturated rings. The fourth-order valence-electron chi connectivity index (χ4n) is 1.36. The monoisotopic (exact) mass is 207 g/mol. The van der Waals surface area contributed by atoms with Crippen molar-refractivity contribution >= 4 is 11.7 Å². The number of rotatable bonds is 3. The molecule has 82 valence electrons. The van der Waals surface area contributed by atoms with Crippen molar-refractivity contribution in [3.05, 3.63) is 30.3 Å². The van der Waals surface area contributed by atoms with E-state index in [-0.39, 0.29) is 5.97 Å². The number of esters is 1. The number of likely N-dealkylation sites (N-methyl/N-ethyl adjacent to an activating group) is 1. The molecule has 0 atom stereocenters. The number of carbonyl (C=O) groups is 1. The van der Waals surface area contributed by atoms with Crippen molar-refractivity contribution in [3.63, 3.8) is 0 Å². The van der Waals surface area contributed by atoms with Gasteiger partial charge < -0.3 is 9.64 Å². The van der Waals surface area contributed by atoms with Gasteiger partial charge in [0.05, 0.1) is 7.11 Å². The van der Waals surface area contributed by atoms with Gasteiger partial charge in [0.2, 0.25) is 0 Å². The van der Waals surface area contributed by atoms with Crippen LogP contribution in [-0.4, -0.2) is 25.7 Å². The van der Waals surface area contributed by atoms with Gasteiger partial charge in [0.25, 0.3) is 0 Å². The summed E-state index contributed by atoms with van der Waals surface area (Å²) in [6, 6.07) is 9.76. The van der Waals surface area contributed by atoms with E-state index in [1.54, 1.807) is 0 Å². The highest BCUT2D eigenvalue weighted by Crippen LogP contribution is 2.22. The highest BCUT2D eigenvalue weighted by atomic mass is 16.5. The van der Waals surface area contributed by atoms with Gasteiger partial charge in [-0.15, -0.1) is 0 Å². The molecule has 1 rings (SSSR count). The third kappa shape index (κ3) is 2.29. The summed E-state index contributed by atoms with van der Waals surface area (Å²) in [5.74, 6) is -0.242. The zero-order valence-corrected chi connectivity index (χ0v) is 9.65. The van der Waals surface area contributed by atoms with Crippen molar-refractivity contribution < 1.29 is 9.53 Å². The Morgan fingerprint density at radius 2 is 1.80 bits per heavy atom. The minimum Gasteiger partial charge on any atom is -0.467 e. The lowest BCUT2D eigenvalue weighted by molar-refractivity contribution is -0.145. The van der Waals surface area contributed by atoms with Crippen molar-refractivity contribution in [2.24, 2.45) is 0 Å². The summed E-state index contributed by atoms with van der Waals surface area (Å²) in [5, 5.41) is 0. The summed E-state index contributed by atoms with van der Waals surface area (Å²) in [4.78, 5) is 13.5. The number of benzene rings is 1. The zero-order chi connectivity index (χ0) is 11.5. The molecule has 0 aliphatic carbocycles. The van der Waals surface area contributed by atoms with Crippen LogP contribution in [0, 0.1) is 0 Å². The molecule has 0 aliphatic heterocycles. The van der Waals surface area contributed by atoms with E-state index in [1.165, 1.54) is 7.11 Å². The third-order valence-corrected chi connectivity index (χ3v) is 2.67. The average molecular weight is 207 g/mol. The van der Waals surface area contributed by atoms with Gasteiger partial charge in [-0.05, 0) is 26.0 Å². The molecule has 0 amide bonds. The van der Waals surface area contributed by atoms with E-state index in [9.17, 15) is 4.79 Å². The molecule has 0 radical (unpaired) electrons. The largest absolute Gasteiger partial charge is 0.467 e. The minimum absolute atomic E-state index is 0.242. The summed E-state index contributed by atoms with van der Waals surface area (Å²) in [6.45, 7) is 3.68. The molecule has 0 heterocycles. The van der Waals surface area contributed by atoms with Gasteiger partial charge >= 0.3 is 5.97 Å². The van der Waals surface area contributed by atoms with E-state index < -0.39 is 5.54 Å². The second-order valence-electron chi connectivity index (χ2n) is 3.95. The standard InChI is InChI=1S/C12H17NO2/c1-12(2,11(14)15-4)13(3)10-8-6-5-7-9-10/h5-9H,1-4H3. The highest BCUT2D eigenvalue weighted by molar-refractivity contribution is 5.84. The van der Waals surface area contributed by atoms with E-state index in [2.05, 4.69) is 0 Å². The van der Waals surface area contributed by atoms with Gasteiger partial charge in [-0.2, -0.15) is 0 Å². The minimum atomic E-state index is -0.657. The fraction of sp³-hybridized carbons (Fsp3) is 0.417. The lowest BCUT2D eigenvalue weighted by Crippen LogP contribution is -2.48. The quantitative estimate of drug-likeness (QED) is 0.711. The molecular formula is C12H17NO2. The first-order chi connectivity index (χ1) is 7.00. The zero-order valence-electron chi connectivity index (χ0n) is 9.65. The predicted molar refractivity (Wildman–Crippen MR) is 60.9 cm³/mol. The Morgan fingerprint density at radius 3 is 2.27 bits per heavy atom. The first kappa shape index (κ1) is 11.6. The highest BCUT2D eigenvalue weighted by Gasteiger charge is 2.33. The van der Waals surface area contributed by atoms with Crippen LogP contribution in [0.15, 0.2) is 30.3 Å². The van der Waals surface area contributed by atoms with E-state index >= 15 is 0 Å². The summed E-state index contributed by atoms with van der Waals surface area (Å²) in [5.41, 5.74) is 0.337. The molecule has 0 aromatic heterocycles. The van der Waals surface area contributed by atoms with Crippen molar-refractivity contribution in [1.82, 2.24) is 0 Å². The van der Waals surface area contributed by atoms with Gasteiger partial charge in [-0.25, -0.2) is 4.79 Å². The first-order valence-corrected chi connectivity index (χ1v) is 4.87. The molecule has 3 nitrogen and oxygen atoms in total. The van der Waals surface area contributed by atoms with Crippen LogP contribution in [0.1, 0.15) is 13.8 Å². The normalized spacial score (nSPS) is 10.9. The summed E-state index contributed by atoms with van der Waals surface area (Å²) < 4.78 is 4.78. The van der Waals surface area contributed by atoms with Crippen molar-refractivity contribution in [2.45, 2.75) is 19.4 Å². The van der Waals surface area contributed by atoms with Crippen molar-refractivity contribution in [2.75, 3.05) is 19.1 Å². The topological polar surface area (TPSA) is 29.5 Å². The van der Waals surface area contributed by atoms with E-state index in [0.717, 1.165) is 5.69 Å². The average Bonchev–Trinajstić information content (AvgIpc) is 2.28. The molecule has 0 aliphatic rings. The Kier molecular flexibility index (Phi) is 3.35. The van der Waals surface area contributed by atoms with Crippen LogP contribution in [0.4, 0.5) is 5.69 Å². The Balaban J connectivity index is 2.94. The van der Waals surface area contributed by atoms with Crippen LogP contribution in [-0.2, 0) is 9.53 Å². The fourth-order valence-corrected chi connectivity index (χ4v) is 1.36. The van der Waals surface area contributed by atoms with Crippen LogP contribution in [0.2, 0.25) is 0 Å². The Morgan fingerprint density at radius 1 is 1.27 bits per heavy atom. The van der Waals surface area contributed by atoms with Crippen LogP contribution in [0.25, 0.3) is 0 Å². The second-order valence-corrected chi connectivity index (χ2v) is 3.95. The van der Waals surface area contributed by atoms with Gasteiger partial charge in [0.1, 0.15) is 5.54 Å². The van der Waals surface area contributed by atoms with E-state index in [1.807, 2.05) is 56.1 Å². The molecule has 0 N–H and O–H groups in total. The van der Waals surface area contributed by atoms with Crippen molar-refractivity contribution in [1.29, 1.82) is 0 Å². The number of anilines is 1. The van der Waals surface area contributed by atoms with Gasteiger partial charge in [0, 0.05) is 12.7 Å². The van der Waals surface area contributed by atoms with Crippen LogP contribution < -0.4 is 4.90 Å². The van der Waals surface area contributed by atoms with Gasteiger partial charge in [0.15, 0.2) is 0 Å². The van der Waals surface area contributed by atoms with Crippen LogP contribution in [0.5, 0.6) is 0 Å². The van der Waals surface area contributed by atoms with Crippen LogP contribution in [0.3, 0.4) is 0 Å². The third-order valence-electron chi connectivity index (χ3n) is 2.67. The maximum atomic E-state index is 11.6. The number of carbonyl (C=O) groups excluding carboxylic acids is 1. The predicted octanol–water partition coefficient (Wildman–Crippen LogP) is 2.07. The van der Waals surface area contributed by atoms with Gasteiger partial charge in [-0.3, -0.25) is 0 Å². The first-order valence-electron chi connectivity index (χ1n) is 4.87. The van der Waals surface area contributed by atoms with E-state index in [0.29, 0.717) is 0 Å². The number of ether oxygens (including phenoxy) is 1. The molecule has 1 aromatic rings. The molecule has 0 saturated carbocycles. The molecule has 15 heavy (non-hydrogen) atoms. The molecule has 3 heteroatoms. The summed E-state index contributed by atoms with van der Waals surface area (Å²) >= 11 is 0. The smallest absolute Gasteiger partial charge is 0.331 e. The number of nitrogens with zero attached hydrogens (tertiary/aromatic N) is 1. The Bertz CT molecular complexity index is 333. The Hall–Kier alpha value is -1.51. The maximum Gasteiger partial charge on any atom is 0.331 e. The molecule has 0 unspecified atom stereocenters. The van der Waals surface area contributed by atoms with Crippen molar-refractivity contribution in [3.8, 4) is 0 Å². The maximum absolute atomic E-state index is 11.6. The van der Waals surface area contributed by atoms with E-state index in [4.69, 9.17) is 4.74 Å². The second kappa shape index (κ2) is 4.34. The molecule has 1 aromatic carbocycles. The molecule has 0 bridgehead atoms. The number of hydrogen-bond acceptors (Lipinski definition) is 3. The summed E-state index contributed by atoms with van der Waals surface area (Å²) in [7, 11) is 3.29.